The molecule has 1 aliphatic rings. The first-order valence-corrected chi connectivity index (χ1v) is 8.65. The smallest absolute Gasteiger partial charge is 0.261 e. The van der Waals surface area contributed by atoms with E-state index in [0.717, 1.165) is 16.3 Å². The van der Waals surface area contributed by atoms with Crippen LogP contribution in [0.25, 0.3) is 0 Å². The van der Waals surface area contributed by atoms with E-state index in [4.69, 9.17) is 0 Å². The van der Waals surface area contributed by atoms with E-state index in [1.807, 2.05) is 26.8 Å². The highest BCUT2D eigenvalue weighted by Crippen LogP contribution is 2.31. The molecule has 118 valence electrons. The molecule has 5 nitrogen and oxygen atoms in total. The zero-order chi connectivity index (χ0) is 15.7. The second-order valence-corrected chi connectivity index (χ2v) is 7.34. The summed E-state index contributed by atoms with van der Waals surface area (Å²) in [7, 11) is 0. The van der Waals surface area contributed by atoms with Crippen molar-refractivity contribution in [2.45, 2.75) is 58.5 Å². The van der Waals surface area contributed by atoms with Crippen molar-refractivity contribution in [3.05, 3.63) is 33.5 Å². The van der Waals surface area contributed by atoms with Crippen LogP contribution in [0, 0.1) is 13.8 Å². The molecule has 6 heteroatoms. The predicted molar refractivity (Wildman–Crippen MR) is 87.2 cm³/mol. The summed E-state index contributed by atoms with van der Waals surface area (Å²) >= 11 is 1.54. The first-order chi connectivity index (χ1) is 10.6. The Morgan fingerprint density at radius 1 is 1.41 bits per heavy atom. The van der Waals surface area contributed by atoms with Crippen molar-refractivity contribution in [1.82, 2.24) is 20.1 Å². The number of aryl methyl sites for hydroxylation is 2. The molecule has 3 rings (SSSR count). The number of aromatic nitrogens is 3. The molecule has 0 radical (unpaired) electrons. The van der Waals surface area contributed by atoms with Gasteiger partial charge in [-0.2, -0.15) is 0 Å². The number of carbonyl (C=O) groups excluding carboxylic acids is 1. The maximum absolute atomic E-state index is 12.4. The number of carbonyl (C=O) groups is 1. The van der Waals surface area contributed by atoms with Crippen LogP contribution in [-0.4, -0.2) is 20.7 Å². The van der Waals surface area contributed by atoms with Crippen LogP contribution in [0.1, 0.15) is 70.6 Å². The first-order valence-electron chi connectivity index (χ1n) is 7.83. The molecule has 22 heavy (non-hydrogen) atoms. The number of nitrogens with zero attached hydrogens (tertiary/aromatic N) is 3. The molecule has 0 saturated heterocycles. The molecule has 0 aliphatic heterocycles. The molecular formula is C16H22N4OS. The molecule has 2 aromatic rings. The summed E-state index contributed by atoms with van der Waals surface area (Å²) in [4.78, 5) is 14.3. The van der Waals surface area contributed by atoms with Gasteiger partial charge in [0, 0.05) is 10.9 Å². The number of nitrogens with one attached hydrogen (secondary N) is 1. The lowest BCUT2D eigenvalue weighted by molar-refractivity contribution is 0.0941. The van der Waals surface area contributed by atoms with Gasteiger partial charge in [-0.25, -0.2) is 0 Å². The third kappa shape index (κ3) is 2.92. The van der Waals surface area contributed by atoms with Crippen LogP contribution in [0.3, 0.4) is 0 Å². The minimum Gasteiger partial charge on any atom is -0.342 e. The molecular weight excluding hydrogens is 296 g/mol. The van der Waals surface area contributed by atoms with Gasteiger partial charge in [0.2, 0.25) is 0 Å². The van der Waals surface area contributed by atoms with Crippen molar-refractivity contribution in [3.63, 3.8) is 0 Å². The third-order valence-corrected chi connectivity index (χ3v) is 5.59. The van der Waals surface area contributed by atoms with Crippen LogP contribution < -0.4 is 5.32 Å². The molecule has 1 N–H and O–H groups in total. The standard InChI is InChI=1S/C16H22N4OS/c1-10-8-14(22-12(10)3)16(21)18-11(2)15-19-17-9-20(15)13-6-4-5-7-13/h8-9,11,13H,4-7H2,1-3H3,(H,18,21). The topological polar surface area (TPSA) is 59.8 Å². The Kier molecular flexibility index (Phi) is 4.29. The molecule has 2 heterocycles. The Morgan fingerprint density at radius 2 is 2.14 bits per heavy atom. The molecule has 1 unspecified atom stereocenters. The van der Waals surface area contributed by atoms with Crippen molar-refractivity contribution < 1.29 is 4.79 Å². The van der Waals surface area contributed by atoms with Crippen LogP contribution in [0.4, 0.5) is 0 Å². The Morgan fingerprint density at radius 3 is 2.77 bits per heavy atom. The van der Waals surface area contributed by atoms with Gasteiger partial charge in [-0.15, -0.1) is 21.5 Å². The first kappa shape index (κ1) is 15.2. The Hall–Kier alpha value is -1.69. The Labute approximate surface area is 134 Å². The maximum atomic E-state index is 12.4. The number of hydrogen-bond acceptors (Lipinski definition) is 4. The molecule has 1 saturated carbocycles. The van der Waals surface area contributed by atoms with E-state index in [2.05, 4.69) is 20.1 Å². The van der Waals surface area contributed by atoms with E-state index in [1.165, 1.54) is 41.9 Å². The average molecular weight is 318 g/mol. The van der Waals surface area contributed by atoms with Gasteiger partial charge in [0.1, 0.15) is 6.33 Å². The van der Waals surface area contributed by atoms with Gasteiger partial charge in [-0.3, -0.25) is 4.79 Å². The fourth-order valence-electron chi connectivity index (χ4n) is 3.04. The fraction of sp³-hybridized carbons (Fsp3) is 0.562. The number of rotatable bonds is 4. The minimum atomic E-state index is -0.140. The monoisotopic (exact) mass is 318 g/mol. The summed E-state index contributed by atoms with van der Waals surface area (Å²) in [6.07, 6.45) is 6.67. The van der Waals surface area contributed by atoms with E-state index >= 15 is 0 Å². The zero-order valence-corrected chi connectivity index (χ0v) is 14.1. The van der Waals surface area contributed by atoms with Crippen molar-refractivity contribution >= 4 is 17.2 Å². The van der Waals surface area contributed by atoms with Gasteiger partial charge in [0.05, 0.1) is 10.9 Å². The summed E-state index contributed by atoms with van der Waals surface area (Å²) in [5.41, 5.74) is 1.16. The third-order valence-electron chi connectivity index (χ3n) is 4.44. The van der Waals surface area contributed by atoms with E-state index in [1.54, 1.807) is 6.33 Å². The van der Waals surface area contributed by atoms with Crippen molar-refractivity contribution in [3.8, 4) is 0 Å². The molecule has 1 amide bonds. The van der Waals surface area contributed by atoms with E-state index < -0.39 is 0 Å². The summed E-state index contributed by atoms with van der Waals surface area (Å²) in [6.45, 7) is 6.04. The SMILES string of the molecule is Cc1cc(C(=O)NC(C)c2nncn2C2CCCC2)sc1C. The van der Waals surface area contributed by atoms with E-state index in [0.29, 0.717) is 6.04 Å². The summed E-state index contributed by atoms with van der Waals surface area (Å²) in [5.74, 6) is 0.819. The minimum absolute atomic E-state index is 0.0327. The second kappa shape index (κ2) is 6.20. The molecule has 1 aliphatic carbocycles. The van der Waals surface area contributed by atoms with Crippen LogP contribution in [0.15, 0.2) is 12.4 Å². The fourth-order valence-corrected chi connectivity index (χ4v) is 3.98. The average Bonchev–Trinajstić information content (AvgIpc) is 3.19. The van der Waals surface area contributed by atoms with Gasteiger partial charge in [-0.05, 0) is 45.2 Å². The predicted octanol–water partition coefficient (Wildman–Crippen LogP) is 3.56. The molecule has 2 aromatic heterocycles. The maximum Gasteiger partial charge on any atom is 0.261 e. The van der Waals surface area contributed by atoms with Gasteiger partial charge >= 0.3 is 0 Å². The quantitative estimate of drug-likeness (QED) is 0.937. The lowest BCUT2D eigenvalue weighted by Gasteiger charge is -2.18. The number of hydrogen-bond donors (Lipinski definition) is 1. The Balaban J connectivity index is 1.73. The highest BCUT2D eigenvalue weighted by molar-refractivity contribution is 7.14. The lowest BCUT2D eigenvalue weighted by Crippen LogP contribution is -2.28. The second-order valence-electron chi connectivity index (χ2n) is 6.08. The molecule has 1 fully saturated rings. The van der Waals surface area contributed by atoms with E-state index in [-0.39, 0.29) is 11.9 Å². The largest absolute Gasteiger partial charge is 0.342 e. The van der Waals surface area contributed by atoms with Crippen LogP contribution in [0.5, 0.6) is 0 Å². The summed E-state index contributed by atoms with van der Waals surface area (Å²) in [5, 5.41) is 11.3. The van der Waals surface area contributed by atoms with Crippen molar-refractivity contribution in [1.29, 1.82) is 0 Å². The van der Waals surface area contributed by atoms with Gasteiger partial charge in [0.15, 0.2) is 5.82 Å². The summed E-state index contributed by atoms with van der Waals surface area (Å²) in [6, 6.07) is 2.29. The molecule has 0 bridgehead atoms. The van der Waals surface area contributed by atoms with Gasteiger partial charge in [0.25, 0.3) is 5.91 Å². The van der Waals surface area contributed by atoms with Gasteiger partial charge < -0.3 is 9.88 Å². The Bertz CT molecular complexity index is 650. The zero-order valence-electron chi connectivity index (χ0n) is 13.3. The number of amides is 1. The molecule has 0 spiro atoms. The van der Waals surface area contributed by atoms with Crippen molar-refractivity contribution in [2.75, 3.05) is 0 Å². The van der Waals surface area contributed by atoms with Crippen LogP contribution in [0.2, 0.25) is 0 Å². The molecule has 0 aromatic carbocycles. The highest BCUT2D eigenvalue weighted by Gasteiger charge is 2.24. The highest BCUT2D eigenvalue weighted by atomic mass is 32.1. The lowest BCUT2D eigenvalue weighted by atomic mass is 10.2. The van der Waals surface area contributed by atoms with Crippen LogP contribution >= 0.6 is 11.3 Å². The van der Waals surface area contributed by atoms with Gasteiger partial charge in [-0.1, -0.05) is 12.8 Å². The van der Waals surface area contributed by atoms with E-state index in [9.17, 15) is 4.79 Å². The molecule has 1 atom stereocenters. The summed E-state index contributed by atoms with van der Waals surface area (Å²) < 4.78 is 2.14. The van der Waals surface area contributed by atoms with Crippen LogP contribution in [-0.2, 0) is 0 Å². The number of thiophene rings is 1. The normalized spacial score (nSPS) is 16.9. The van der Waals surface area contributed by atoms with Crippen molar-refractivity contribution in [2.24, 2.45) is 0 Å².